The highest BCUT2D eigenvalue weighted by Gasteiger charge is 2.21. The van der Waals surface area contributed by atoms with Crippen LogP contribution in [0.2, 0.25) is 0 Å². The van der Waals surface area contributed by atoms with Crippen LogP contribution in [0.1, 0.15) is 0 Å². The van der Waals surface area contributed by atoms with Crippen LogP contribution in [0, 0.1) is 0 Å². The van der Waals surface area contributed by atoms with Crippen LogP contribution >= 0.6 is 11.3 Å². The number of aromatic nitrogens is 9. The summed E-state index contributed by atoms with van der Waals surface area (Å²) in [7, 11) is 0. The van der Waals surface area contributed by atoms with E-state index < -0.39 is 0 Å². The summed E-state index contributed by atoms with van der Waals surface area (Å²) in [5.41, 5.74) is 22.4. The lowest BCUT2D eigenvalue weighted by molar-refractivity contribution is 1.10. The molecule has 22 rings (SSSR count). The van der Waals surface area contributed by atoms with Gasteiger partial charge >= 0.3 is 0 Å². The number of imidazole rings is 1. The van der Waals surface area contributed by atoms with Crippen LogP contribution < -0.4 is 0 Å². The molecule has 7 aromatic heterocycles. The average Bonchev–Trinajstić information content (AvgIpc) is 1.72. The fourth-order valence-electron chi connectivity index (χ4n) is 15.5. The van der Waals surface area contributed by atoms with Crippen LogP contribution in [0.15, 0.2) is 383 Å². The number of fused-ring (bicyclic) bond motifs is 14. The maximum atomic E-state index is 5.16. The van der Waals surface area contributed by atoms with Gasteiger partial charge in [0.15, 0.2) is 11.6 Å². The standard InChI is InChI=1S/C35H21N3S.C33H21N3.C32H21N3/c1-2-9-22(10-3-1)32-34-33(29-14-4-5-17-30(29)39-34)38-35(37-32)25-12-6-11-24(21-25)26-15-7-16-28-27(26)19-18-23-13-8-20-36-31(23)28;1-2-9-22(10-3-1)32-29-14-4-5-17-30(29)35-33(36-32)25-12-6-11-24(21-25)26-15-7-16-28-27(26)19-18-23-13-8-20-34-31(23)28;1-2-12-25(13-3-1)35-30-17-5-4-16-29(30)34-32(35)24-10-6-9-23(21-24)26-14-7-15-28-27(26)19-18-22-11-8-20-33-31(22)28/h1-21H;1-21H;1-21H. The van der Waals surface area contributed by atoms with E-state index in [2.05, 4.69) is 317 Å². The van der Waals surface area contributed by atoms with Crippen LogP contribution in [0.4, 0.5) is 0 Å². The molecule has 10 heteroatoms. The highest BCUT2D eigenvalue weighted by molar-refractivity contribution is 7.26. The molecule has 0 aliphatic heterocycles. The van der Waals surface area contributed by atoms with Gasteiger partial charge in [-0.15, -0.1) is 11.3 Å². The van der Waals surface area contributed by atoms with Gasteiger partial charge in [-0.25, -0.2) is 24.9 Å². The topological polar surface area (TPSA) is 108 Å². The molecule has 0 amide bonds. The van der Waals surface area contributed by atoms with Crippen molar-refractivity contribution >= 4 is 119 Å². The molecule has 9 nitrogen and oxygen atoms in total. The zero-order valence-electron chi connectivity index (χ0n) is 59.3. The van der Waals surface area contributed by atoms with Crippen molar-refractivity contribution in [2.45, 2.75) is 0 Å². The Hall–Kier alpha value is -14.6. The fourth-order valence-corrected chi connectivity index (χ4v) is 16.7. The Bertz CT molecular complexity index is 7300. The fraction of sp³-hybridized carbons (Fsp3) is 0. The minimum atomic E-state index is 0.724. The number of hydrogen-bond donors (Lipinski definition) is 0. The normalized spacial score (nSPS) is 11.5. The molecule has 0 atom stereocenters. The van der Waals surface area contributed by atoms with Gasteiger partial charge in [0.2, 0.25) is 0 Å². The summed E-state index contributed by atoms with van der Waals surface area (Å²) in [5, 5.41) is 12.7. The van der Waals surface area contributed by atoms with Gasteiger partial charge in [0, 0.05) is 99.9 Å². The molecule has 0 aliphatic carbocycles. The Morgan fingerprint density at radius 2 is 0.645 bits per heavy atom. The summed E-state index contributed by atoms with van der Waals surface area (Å²) in [4.78, 5) is 39.4. The molecule has 0 spiro atoms. The predicted octanol–water partition coefficient (Wildman–Crippen LogP) is 25.9. The molecule has 0 saturated carbocycles. The van der Waals surface area contributed by atoms with Crippen LogP contribution in [0.25, 0.3) is 203 Å². The van der Waals surface area contributed by atoms with Gasteiger partial charge in [0.25, 0.3) is 0 Å². The molecule has 514 valence electrons. The first-order chi connectivity index (χ1) is 54.5. The van der Waals surface area contributed by atoms with Crippen molar-refractivity contribution in [3.8, 4) is 95.7 Å². The Balaban J connectivity index is 0.000000108. The predicted molar refractivity (Wildman–Crippen MR) is 457 cm³/mol. The van der Waals surface area contributed by atoms with Crippen LogP contribution in [-0.4, -0.2) is 44.4 Å². The first-order valence-corrected chi connectivity index (χ1v) is 37.6. The lowest BCUT2D eigenvalue weighted by Gasteiger charge is -2.12. The Labute approximate surface area is 637 Å². The molecule has 15 aromatic carbocycles. The minimum Gasteiger partial charge on any atom is -0.292 e. The van der Waals surface area contributed by atoms with Crippen molar-refractivity contribution in [1.82, 2.24) is 44.4 Å². The number of para-hydroxylation sites is 4. The molecule has 7 heterocycles. The number of pyridine rings is 3. The second kappa shape index (κ2) is 28.0. The Morgan fingerprint density at radius 1 is 0.236 bits per heavy atom. The highest BCUT2D eigenvalue weighted by Crippen LogP contribution is 2.43. The minimum absolute atomic E-state index is 0.724. The molecular formula is C100H63N9S. The molecule has 0 radical (unpaired) electrons. The van der Waals surface area contributed by atoms with E-state index in [0.29, 0.717) is 0 Å². The molecule has 0 saturated heterocycles. The number of hydrogen-bond acceptors (Lipinski definition) is 9. The number of rotatable bonds is 9. The van der Waals surface area contributed by atoms with Crippen molar-refractivity contribution in [3.05, 3.63) is 383 Å². The lowest BCUT2D eigenvalue weighted by atomic mass is 9.95. The third-order valence-electron chi connectivity index (χ3n) is 20.7. The van der Waals surface area contributed by atoms with Crippen molar-refractivity contribution < 1.29 is 0 Å². The zero-order valence-corrected chi connectivity index (χ0v) is 60.1. The Kier molecular flexibility index (Phi) is 16.6. The van der Waals surface area contributed by atoms with Gasteiger partial charge in [0.05, 0.1) is 54.7 Å². The van der Waals surface area contributed by atoms with Crippen LogP contribution in [0.3, 0.4) is 0 Å². The van der Waals surface area contributed by atoms with Gasteiger partial charge in [-0.05, 0) is 122 Å². The third-order valence-corrected chi connectivity index (χ3v) is 21.8. The van der Waals surface area contributed by atoms with Gasteiger partial charge in [-0.1, -0.05) is 291 Å². The third kappa shape index (κ3) is 11.9. The molecule has 0 bridgehead atoms. The van der Waals surface area contributed by atoms with E-state index in [1.807, 2.05) is 85.3 Å². The molecule has 0 aliphatic rings. The largest absolute Gasteiger partial charge is 0.292 e. The van der Waals surface area contributed by atoms with Gasteiger partial charge in [0.1, 0.15) is 5.82 Å². The SMILES string of the molecule is c1ccc(-c2nc(-c3cccc(-c4cccc5c4ccc4cccnc45)c3)nc3c2sc2ccccc23)cc1.c1ccc(-c2nc(-c3cccc(-c4cccc5c4ccc4cccnc45)c3)nc3ccccc23)cc1.c1ccc(-n2c(-c3cccc(-c4cccc5c4ccc4cccnc45)c3)nc3ccccc32)cc1. The van der Waals surface area contributed by atoms with E-state index in [4.69, 9.17) is 24.9 Å². The summed E-state index contributed by atoms with van der Waals surface area (Å²) in [5.74, 6) is 2.40. The van der Waals surface area contributed by atoms with E-state index in [1.165, 1.54) is 48.3 Å². The zero-order chi connectivity index (χ0) is 72.9. The van der Waals surface area contributed by atoms with Gasteiger partial charge in [-0.2, -0.15) is 0 Å². The maximum absolute atomic E-state index is 5.16. The maximum Gasteiger partial charge on any atom is 0.160 e. The monoisotopic (exact) mass is 1420 g/mol. The highest BCUT2D eigenvalue weighted by atomic mass is 32.1. The number of nitrogens with zero attached hydrogens (tertiary/aromatic N) is 9. The molecule has 110 heavy (non-hydrogen) atoms. The number of thiophene rings is 1. The molecule has 0 N–H and O–H groups in total. The summed E-state index contributed by atoms with van der Waals surface area (Å²) >= 11 is 1.76. The summed E-state index contributed by atoms with van der Waals surface area (Å²) < 4.78 is 4.59. The quantitative estimate of drug-likeness (QED) is 0.132. The van der Waals surface area contributed by atoms with Gasteiger partial charge in [-0.3, -0.25) is 19.5 Å². The average molecular weight is 1420 g/mol. The molecule has 0 unspecified atom stereocenters. The second-order valence-electron chi connectivity index (χ2n) is 27.3. The first-order valence-electron chi connectivity index (χ1n) is 36.8. The van der Waals surface area contributed by atoms with E-state index >= 15 is 0 Å². The van der Waals surface area contributed by atoms with E-state index in [0.717, 1.165) is 155 Å². The Morgan fingerprint density at radius 3 is 1.20 bits per heavy atom. The lowest BCUT2D eigenvalue weighted by Crippen LogP contribution is -1.97. The molecule has 22 aromatic rings. The van der Waals surface area contributed by atoms with Crippen LogP contribution in [0.5, 0.6) is 0 Å². The smallest absolute Gasteiger partial charge is 0.160 e. The van der Waals surface area contributed by atoms with Crippen LogP contribution in [-0.2, 0) is 0 Å². The second-order valence-corrected chi connectivity index (χ2v) is 28.3. The van der Waals surface area contributed by atoms with Crippen molar-refractivity contribution in [3.63, 3.8) is 0 Å². The van der Waals surface area contributed by atoms with E-state index in [-0.39, 0.29) is 0 Å². The molecule has 0 fully saturated rings. The first kappa shape index (κ1) is 65.0. The summed E-state index contributed by atoms with van der Waals surface area (Å²) in [6, 6.07) is 127. The van der Waals surface area contributed by atoms with Crippen molar-refractivity contribution in [2.75, 3.05) is 0 Å². The van der Waals surface area contributed by atoms with E-state index in [9.17, 15) is 0 Å². The van der Waals surface area contributed by atoms with Gasteiger partial charge < -0.3 is 0 Å². The van der Waals surface area contributed by atoms with E-state index in [1.54, 1.807) is 11.3 Å². The van der Waals surface area contributed by atoms with Crippen molar-refractivity contribution in [1.29, 1.82) is 0 Å². The van der Waals surface area contributed by atoms with Crippen molar-refractivity contribution in [2.24, 2.45) is 0 Å². The summed E-state index contributed by atoms with van der Waals surface area (Å²) in [6.07, 6.45) is 5.58. The molecular weight excluding hydrogens is 1360 g/mol. The number of benzene rings is 15. The summed E-state index contributed by atoms with van der Waals surface area (Å²) in [6.45, 7) is 0.